The van der Waals surface area contributed by atoms with Crippen LogP contribution in [-0.2, 0) is 5.41 Å². The highest BCUT2D eigenvalue weighted by atomic mass is 16.1. The topological polar surface area (TPSA) is 54.0 Å². The molecule has 0 unspecified atom stereocenters. The van der Waals surface area contributed by atoms with Gasteiger partial charge in [-0.05, 0) is 36.0 Å². The van der Waals surface area contributed by atoms with Gasteiger partial charge in [-0.15, -0.1) is 0 Å². The number of nitrogens with one attached hydrogen (secondary N) is 2. The SMILES string of the molecule is CC(C)(C)c1ccccc1NC(=O)c1cncc(NC2CCCCCC2)c1. The van der Waals surface area contributed by atoms with Crippen LogP contribution in [0.3, 0.4) is 0 Å². The molecule has 1 amide bonds. The van der Waals surface area contributed by atoms with Crippen LogP contribution in [-0.4, -0.2) is 16.9 Å². The smallest absolute Gasteiger partial charge is 0.257 e. The molecular weight excluding hydrogens is 334 g/mol. The molecule has 1 heterocycles. The molecule has 27 heavy (non-hydrogen) atoms. The monoisotopic (exact) mass is 365 g/mol. The second kappa shape index (κ2) is 8.55. The van der Waals surface area contributed by atoms with Gasteiger partial charge in [-0.1, -0.05) is 64.7 Å². The average molecular weight is 366 g/mol. The maximum atomic E-state index is 12.8. The van der Waals surface area contributed by atoms with E-state index >= 15 is 0 Å². The first kappa shape index (κ1) is 19.4. The highest BCUT2D eigenvalue weighted by Gasteiger charge is 2.19. The lowest BCUT2D eigenvalue weighted by molar-refractivity contribution is 0.102. The molecule has 3 rings (SSSR count). The van der Waals surface area contributed by atoms with E-state index in [1.165, 1.54) is 38.5 Å². The van der Waals surface area contributed by atoms with Gasteiger partial charge in [0.25, 0.3) is 5.91 Å². The summed E-state index contributed by atoms with van der Waals surface area (Å²) in [6.07, 6.45) is 11.0. The number of hydrogen-bond acceptors (Lipinski definition) is 3. The molecule has 4 nitrogen and oxygen atoms in total. The number of pyridine rings is 1. The number of nitrogens with zero attached hydrogens (tertiary/aromatic N) is 1. The van der Waals surface area contributed by atoms with Gasteiger partial charge in [0.15, 0.2) is 0 Å². The summed E-state index contributed by atoms with van der Waals surface area (Å²) in [5.41, 5.74) is 3.46. The minimum absolute atomic E-state index is 0.0367. The fourth-order valence-electron chi connectivity index (χ4n) is 3.74. The minimum Gasteiger partial charge on any atom is -0.381 e. The zero-order chi connectivity index (χ0) is 19.3. The molecular formula is C23H31N3O. The summed E-state index contributed by atoms with van der Waals surface area (Å²) < 4.78 is 0. The van der Waals surface area contributed by atoms with Crippen molar-refractivity contribution >= 4 is 17.3 Å². The highest BCUT2D eigenvalue weighted by Crippen LogP contribution is 2.29. The Morgan fingerprint density at radius 3 is 2.44 bits per heavy atom. The maximum Gasteiger partial charge on any atom is 0.257 e. The Hall–Kier alpha value is -2.36. The van der Waals surface area contributed by atoms with E-state index in [1.807, 2.05) is 30.5 Å². The number of hydrogen-bond donors (Lipinski definition) is 2. The summed E-state index contributed by atoms with van der Waals surface area (Å²) >= 11 is 0. The van der Waals surface area contributed by atoms with Gasteiger partial charge < -0.3 is 10.6 Å². The molecule has 1 aromatic carbocycles. The molecule has 1 fully saturated rings. The molecule has 1 saturated carbocycles. The van der Waals surface area contributed by atoms with Crippen molar-refractivity contribution in [1.82, 2.24) is 4.98 Å². The van der Waals surface area contributed by atoms with Crippen molar-refractivity contribution < 1.29 is 4.79 Å². The second-order valence-electron chi connectivity index (χ2n) is 8.54. The number of rotatable bonds is 4. The molecule has 1 aliphatic carbocycles. The molecule has 0 saturated heterocycles. The van der Waals surface area contributed by atoms with Crippen LogP contribution in [0.5, 0.6) is 0 Å². The molecule has 0 radical (unpaired) electrons. The van der Waals surface area contributed by atoms with Crippen molar-refractivity contribution in [3.63, 3.8) is 0 Å². The Kier molecular flexibility index (Phi) is 6.15. The number of carbonyl (C=O) groups excluding carboxylic acids is 1. The standard InChI is InChI=1S/C23H31N3O/c1-23(2,3)20-12-8-9-13-21(20)26-22(27)17-14-19(16-24-15-17)25-18-10-6-4-5-7-11-18/h8-9,12-16,18,25H,4-7,10-11H2,1-3H3,(H,26,27). The van der Waals surface area contributed by atoms with E-state index < -0.39 is 0 Å². The lowest BCUT2D eigenvalue weighted by Crippen LogP contribution is -2.20. The van der Waals surface area contributed by atoms with Crippen molar-refractivity contribution in [3.8, 4) is 0 Å². The number of aromatic nitrogens is 1. The van der Waals surface area contributed by atoms with Crippen LogP contribution in [0.4, 0.5) is 11.4 Å². The fraction of sp³-hybridized carbons (Fsp3) is 0.478. The van der Waals surface area contributed by atoms with E-state index in [0.29, 0.717) is 11.6 Å². The molecule has 2 aromatic rings. The van der Waals surface area contributed by atoms with Crippen LogP contribution in [0.25, 0.3) is 0 Å². The number of para-hydroxylation sites is 1. The molecule has 1 aliphatic rings. The van der Waals surface area contributed by atoms with Gasteiger partial charge in [0, 0.05) is 24.1 Å². The lowest BCUT2D eigenvalue weighted by atomic mass is 9.86. The van der Waals surface area contributed by atoms with Crippen LogP contribution >= 0.6 is 0 Å². The summed E-state index contributed by atoms with van der Waals surface area (Å²) in [7, 11) is 0. The normalized spacial score (nSPS) is 15.8. The quantitative estimate of drug-likeness (QED) is 0.677. The highest BCUT2D eigenvalue weighted by molar-refractivity contribution is 6.05. The largest absolute Gasteiger partial charge is 0.381 e. The van der Waals surface area contributed by atoms with Crippen LogP contribution in [0.15, 0.2) is 42.7 Å². The average Bonchev–Trinajstić information content (AvgIpc) is 2.90. The van der Waals surface area contributed by atoms with E-state index in [0.717, 1.165) is 16.9 Å². The summed E-state index contributed by atoms with van der Waals surface area (Å²) in [4.78, 5) is 17.1. The Labute approximate surface area is 162 Å². The lowest BCUT2D eigenvalue weighted by Gasteiger charge is -2.23. The predicted molar refractivity (Wildman–Crippen MR) is 112 cm³/mol. The predicted octanol–water partition coefficient (Wildman–Crippen LogP) is 5.77. The van der Waals surface area contributed by atoms with Crippen molar-refractivity contribution in [2.24, 2.45) is 0 Å². The van der Waals surface area contributed by atoms with Gasteiger partial charge in [0.2, 0.25) is 0 Å². The number of carbonyl (C=O) groups is 1. The van der Waals surface area contributed by atoms with Crippen molar-refractivity contribution in [2.45, 2.75) is 70.8 Å². The molecule has 144 valence electrons. The van der Waals surface area contributed by atoms with E-state index in [4.69, 9.17) is 0 Å². The van der Waals surface area contributed by atoms with Gasteiger partial charge in [-0.25, -0.2) is 0 Å². The second-order valence-corrected chi connectivity index (χ2v) is 8.54. The number of amides is 1. The third kappa shape index (κ3) is 5.31. The van der Waals surface area contributed by atoms with E-state index in [2.05, 4.69) is 42.5 Å². The molecule has 4 heteroatoms. The summed E-state index contributed by atoms with van der Waals surface area (Å²) in [5, 5.41) is 6.64. The number of benzene rings is 1. The molecule has 1 aromatic heterocycles. The third-order valence-corrected chi connectivity index (χ3v) is 5.21. The third-order valence-electron chi connectivity index (χ3n) is 5.21. The maximum absolute atomic E-state index is 12.8. The Morgan fingerprint density at radius 1 is 1.04 bits per heavy atom. The summed E-state index contributed by atoms with van der Waals surface area (Å²) in [6, 6.07) is 10.4. The van der Waals surface area contributed by atoms with Gasteiger partial charge in [-0.3, -0.25) is 9.78 Å². The van der Waals surface area contributed by atoms with Crippen LogP contribution in [0, 0.1) is 0 Å². The minimum atomic E-state index is -0.122. The molecule has 0 atom stereocenters. The summed E-state index contributed by atoms with van der Waals surface area (Å²) in [6.45, 7) is 6.45. The molecule has 2 N–H and O–H groups in total. The first-order chi connectivity index (χ1) is 12.9. The molecule has 0 bridgehead atoms. The van der Waals surface area contributed by atoms with Crippen molar-refractivity contribution in [3.05, 3.63) is 53.9 Å². The van der Waals surface area contributed by atoms with Crippen LogP contribution in [0.1, 0.15) is 75.2 Å². The van der Waals surface area contributed by atoms with Crippen LogP contribution < -0.4 is 10.6 Å². The zero-order valence-corrected chi connectivity index (χ0v) is 16.7. The van der Waals surface area contributed by atoms with Gasteiger partial charge >= 0.3 is 0 Å². The van der Waals surface area contributed by atoms with E-state index in [1.54, 1.807) is 6.20 Å². The molecule has 0 aliphatic heterocycles. The zero-order valence-electron chi connectivity index (χ0n) is 16.7. The van der Waals surface area contributed by atoms with Gasteiger partial charge in [-0.2, -0.15) is 0 Å². The van der Waals surface area contributed by atoms with Crippen molar-refractivity contribution in [2.75, 3.05) is 10.6 Å². The first-order valence-corrected chi connectivity index (χ1v) is 10.1. The number of anilines is 2. The van der Waals surface area contributed by atoms with E-state index in [-0.39, 0.29) is 11.3 Å². The summed E-state index contributed by atoms with van der Waals surface area (Å²) in [5.74, 6) is -0.122. The Balaban J connectivity index is 1.72. The Bertz CT molecular complexity index is 771. The van der Waals surface area contributed by atoms with Gasteiger partial charge in [0.05, 0.1) is 11.3 Å². The van der Waals surface area contributed by atoms with Crippen molar-refractivity contribution in [1.29, 1.82) is 0 Å². The van der Waals surface area contributed by atoms with Crippen LogP contribution in [0.2, 0.25) is 0 Å². The Morgan fingerprint density at radius 2 is 1.74 bits per heavy atom. The first-order valence-electron chi connectivity index (χ1n) is 10.1. The van der Waals surface area contributed by atoms with Gasteiger partial charge in [0.1, 0.15) is 0 Å². The van der Waals surface area contributed by atoms with E-state index in [9.17, 15) is 4.79 Å². The fourth-order valence-corrected chi connectivity index (χ4v) is 3.74. The molecule has 0 spiro atoms.